The van der Waals surface area contributed by atoms with Crippen LogP contribution in [-0.4, -0.2) is 40.6 Å². The fourth-order valence-electron chi connectivity index (χ4n) is 3.29. The van der Waals surface area contributed by atoms with Crippen LogP contribution in [0.2, 0.25) is 5.02 Å². The Kier molecular flexibility index (Phi) is 5.76. The summed E-state index contributed by atoms with van der Waals surface area (Å²) in [6.07, 6.45) is 1.69. The van der Waals surface area contributed by atoms with Gasteiger partial charge in [-0.05, 0) is 61.4 Å². The Bertz CT molecular complexity index is 976. The molecule has 0 aliphatic carbocycles. The standard InChI is InChI=1S/C21H19ClFN3O3/c22-16-5-9-18(10-6-16)28-13-19(27)26-11-1-2-15(12-26)21-24-20(25-29-21)14-3-7-17(23)8-4-14/h3-10,15H,1-2,11-13H2. The van der Waals surface area contributed by atoms with Crippen molar-refractivity contribution in [3.05, 3.63) is 65.3 Å². The van der Waals surface area contributed by atoms with Crippen LogP contribution in [0.4, 0.5) is 4.39 Å². The van der Waals surface area contributed by atoms with Crippen LogP contribution in [0.25, 0.3) is 11.4 Å². The molecule has 1 amide bonds. The van der Waals surface area contributed by atoms with Crippen LogP contribution in [0.1, 0.15) is 24.7 Å². The topological polar surface area (TPSA) is 68.5 Å². The van der Waals surface area contributed by atoms with E-state index in [4.69, 9.17) is 20.9 Å². The number of carbonyl (C=O) groups excluding carboxylic acids is 1. The van der Waals surface area contributed by atoms with Crippen molar-refractivity contribution in [3.63, 3.8) is 0 Å². The van der Waals surface area contributed by atoms with Crippen molar-refractivity contribution in [1.29, 1.82) is 0 Å². The van der Waals surface area contributed by atoms with Gasteiger partial charge in [0.15, 0.2) is 6.61 Å². The Morgan fingerprint density at radius 3 is 2.72 bits per heavy atom. The zero-order chi connectivity index (χ0) is 20.2. The van der Waals surface area contributed by atoms with Crippen molar-refractivity contribution in [1.82, 2.24) is 15.0 Å². The van der Waals surface area contributed by atoms with Gasteiger partial charge in [-0.2, -0.15) is 4.98 Å². The molecule has 0 bridgehead atoms. The summed E-state index contributed by atoms with van der Waals surface area (Å²) in [5, 5.41) is 4.61. The maximum absolute atomic E-state index is 13.1. The van der Waals surface area contributed by atoms with Gasteiger partial charge >= 0.3 is 0 Å². The number of hydrogen-bond donors (Lipinski definition) is 0. The molecule has 2 aromatic carbocycles. The third-order valence-electron chi connectivity index (χ3n) is 4.84. The molecular formula is C21H19ClFN3O3. The molecule has 8 heteroatoms. The van der Waals surface area contributed by atoms with Gasteiger partial charge in [-0.1, -0.05) is 16.8 Å². The fraction of sp³-hybridized carbons (Fsp3) is 0.286. The maximum atomic E-state index is 13.1. The largest absolute Gasteiger partial charge is 0.484 e. The number of piperidine rings is 1. The minimum absolute atomic E-state index is 0.0371. The van der Waals surface area contributed by atoms with Gasteiger partial charge in [-0.3, -0.25) is 4.79 Å². The number of carbonyl (C=O) groups is 1. The molecule has 29 heavy (non-hydrogen) atoms. The highest BCUT2D eigenvalue weighted by Crippen LogP contribution is 2.28. The molecule has 150 valence electrons. The highest BCUT2D eigenvalue weighted by molar-refractivity contribution is 6.30. The number of amides is 1. The average molecular weight is 416 g/mol. The molecule has 0 N–H and O–H groups in total. The van der Waals surface area contributed by atoms with Crippen molar-refractivity contribution >= 4 is 17.5 Å². The van der Waals surface area contributed by atoms with Gasteiger partial charge in [-0.25, -0.2) is 4.39 Å². The number of ether oxygens (including phenoxy) is 1. The van der Waals surface area contributed by atoms with Gasteiger partial charge in [0.2, 0.25) is 11.7 Å². The highest BCUT2D eigenvalue weighted by Gasteiger charge is 2.29. The summed E-state index contributed by atoms with van der Waals surface area (Å²) in [6, 6.07) is 12.8. The van der Waals surface area contributed by atoms with E-state index in [0.29, 0.717) is 41.1 Å². The molecule has 0 saturated carbocycles. The van der Waals surface area contributed by atoms with E-state index in [1.807, 2.05) is 0 Å². The quantitative estimate of drug-likeness (QED) is 0.621. The number of hydrogen-bond acceptors (Lipinski definition) is 5. The van der Waals surface area contributed by atoms with Crippen molar-refractivity contribution in [3.8, 4) is 17.1 Å². The van der Waals surface area contributed by atoms with Crippen molar-refractivity contribution in [2.24, 2.45) is 0 Å². The van der Waals surface area contributed by atoms with Gasteiger partial charge in [-0.15, -0.1) is 0 Å². The fourth-order valence-corrected chi connectivity index (χ4v) is 3.42. The Labute approximate surface area is 172 Å². The highest BCUT2D eigenvalue weighted by atomic mass is 35.5. The summed E-state index contributed by atoms with van der Waals surface area (Å²) >= 11 is 5.85. The number of rotatable bonds is 5. The molecule has 1 aromatic heterocycles. The second kappa shape index (κ2) is 8.61. The van der Waals surface area contributed by atoms with Crippen LogP contribution < -0.4 is 4.74 Å². The minimum atomic E-state index is -0.320. The summed E-state index contributed by atoms with van der Waals surface area (Å²) in [5.41, 5.74) is 0.682. The van der Waals surface area contributed by atoms with Crippen LogP contribution in [0, 0.1) is 5.82 Å². The van der Waals surface area contributed by atoms with E-state index < -0.39 is 0 Å². The van der Waals surface area contributed by atoms with E-state index in [9.17, 15) is 9.18 Å². The molecule has 0 radical (unpaired) electrons. The van der Waals surface area contributed by atoms with E-state index >= 15 is 0 Å². The SMILES string of the molecule is O=C(COc1ccc(Cl)cc1)N1CCCC(c2nc(-c3ccc(F)cc3)no2)C1. The lowest BCUT2D eigenvalue weighted by molar-refractivity contribution is -0.134. The Balaban J connectivity index is 1.37. The van der Waals surface area contributed by atoms with E-state index in [-0.39, 0.29) is 24.2 Å². The molecule has 0 spiro atoms. The van der Waals surface area contributed by atoms with Gasteiger partial charge in [0.25, 0.3) is 5.91 Å². The lowest BCUT2D eigenvalue weighted by Gasteiger charge is -2.30. The summed E-state index contributed by atoms with van der Waals surface area (Å²) in [5.74, 6) is 1.04. The van der Waals surface area contributed by atoms with E-state index in [0.717, 1.165) is 12.8 Å². The molecule has 6 nitrogen and oxygen atoms in total. The molecule has 3 aromatic rings. The number of nitrogens with zero attached hydrogens (tertiary/aromatic N) is 3. The van der Waals surface area contributed by atoms with Gasteiger partial charge in [0.05, 0.1) is 5.92 Å². The maximum Gasteiger partial charge on any atom is 0.260 e. The smallest absolute Gasteiger partial charge is 0.260 e. The van der Waals surface area contributed by atoms with Crippen LogP contribution in [0.3, 0.4) is 0 Å². The summed E-state index contributed by atoms with van der Waals surface area (Å²) < 4.78 is 24.1. The summed E-state index contributed by atoms with van der Waals surface area (Å²) in [7, 11) is 0. The van der Waals surface area contributed by atoms with Gasteiger partial charge in [0, 0.05) is 23.7 Å². The van der Waals surface area contributed by atoms with E-state index in [2.05, 4.69) is 10.1 Å². The number of halogens is 2. The molecule has 1 unspecified atom stereocenters. The first-order valence-corrected chi connectivity index (χ1v) is 9.72. The first kappa shape index (κ1) is 19.4. The second-order valence-corrected chi connectivity index (χ2v) is 7.32. The normalized spacial score (nSPS) is 16.6. The van der Waals surface area contributed by atoms with Crippen LogP contribution >= 0.6 is 11.6 Å². The monoisotopic (exact) mass is 415 g/mol. The van der Waals surface area contributed by atoms with E-state index in [1.165, 1.54) is 12.1 Å². The molecule has 4 rings (SSSR count). The molecule has 1 atom stereocenters. The number of likely N-dealkylation sites (tertiary alicyclic amines) is 1. The molecule has 1 aliphatic heterocycles. The number of benzene rings is 2. The summed E-state index contributed by atoms with van der Waals surface area (Å²) in [6.45, 7) is 1.12. The Hall–Kier alpha value is -2.93. The van der Waals surface area contributed by atoms with Gasteiger partial charge in [0.1, 0.15) is 11.6 Å². The average Bonchev–Trinajstić information content (AvgIpc) is 3.24. The van der Waals surface area contributed by atoms with Gasteiger partial charge < -0.3 is 14.2 Å². The van der Waals surface area contributed by atoms with Crippen LogP contribution in [-0.2, 0) is 4.79 Å². The lowest BCUT2D eigenvalue weighted by Crippen LogP contribution is -2.41. The Morgan fingerprint density at radius 2 is 1.97 bits per heavy atom. The zero-order valence-electron chi connectivity index (χ0n) is 15.6. The molecule has 1 aliphatic rings. The minimum Gasteiger partial charge on any atom is -0.484 e. The van der Waals surface area contributed by atoms with Crippen molar-refractivity contribution in [2.45, 2.75) is 18.8 Å². The summed E-state index contributed by atoms with van der Waals surface area (Å²) in [4.78, 5) is 18.7. The molecule has 1 saturated heterocycles. The van der Waals surface area contributed by atoms with E-state index in [1.54, 1.807) is 41.3 Å². The predicted molar refractivity (Wildman–Crippen MR) is 105 cm³/mol. The van der Waals surface area contributed by atoms with Crippen LogP contribution in [0.15, 0.2) is 53.1 Å². The molecule has 2 heterocycles. The second-order valence-electron chi connectivity index (χ2n) is 6.88. The first-order valence-electron chi connectivity index (χ1n) is 9.34. The predicted octanol–water partition coefficient (Wildman–Crippen LogP) is 4.31. The van der Waals surface area contributed by atoms with Crippen LogP contribution in [0.5, 0.6) is 5.75 Å². The van der Waals surface area contributed by atoms with Crippen molar-refractivity contribution < 1.29 is 18.4 Å². The van der Waals surface area contributed by atoms with Crippen molar-refractivity contribution in [2.75, 3.05) is 19.7 Å². The Morgan fingerprint density at radius 1 is 1.21 bits per heavy atom. The molecule has 1 fully saturated rings. The zero-order valence-corrected chi connectivity index (χ0v) is 16.3. The first-order chi connectivity index (χ1) is 14.1. The number of aromatic nitrogens is 2. The third-order valence-corrected chi connectivity index (χ3v) is 5.10. The molecular weight excluding hydrogens is 397 g/mol. The lowest BCUT2D eigenvalue weighted by atomic mass is 9.98. The third kappa shape index (κ3) is 4.74.